The number of nitrogens with zero attached hydrogens (tertiary/aromatic N) is 1. The molecular formula is C13H18N2. The number of hydrogen-bond donors (Lipinski definition) is 1. The van der Waals surface area contributed by atoms with Gasteiger partial charge in [-0.1, -0.05) is 37.3 Å². The minimum Gasteiger partial charge on any atom is -0.354 e. The maximum absolute atomic E-state index is 7.91. The molecule has 1 atom stereocenters. The van der Waals surface area contributed by atoms with E-state index < -0.39 is 0 Å². The number of amidine groups is 1. The van der Waals surface area contributed by atoms with Crippen molar-refractivity contribution in [2.45, 2.75) is 32.2 Å². The largest absolute Gasteiger partial charge is 0.354 e. The first-order valence-electron chi connectivity index (χ1n) is 5.72. The Bertz CT molecular complexity index is 332. The fourth-order valence-corrected chi connectivity index (χ4v) is 2.35. The summed E-state index contributed by atoms with van der Waals surface area (Å²) in [7, 11) is 0. The van der Waals surface area contributed by atoms with E-state index in [1.54, 1.807) is 0 Å². The molecule has 0 aromatic heterocycles. The molecule has 1 N–H and O–H groups in total. The fraction of sp³-hybridized carbons (Fsp3) is 0.462. The van der Waals surface area contributed by atoms with E-state index in [-0.39, 0.29) is 0 Å². The molecule has 2 rings (SSSR count). The third-order valence-corrected chi connectivity index (χ3v) is 3.11. The van der Waals surface area contributed by atoms with E-state index in [2.05, 4.69) is 36.1 Å². The Kier molecular flexibility index (Phi) is 3.05. The Morgan fingerprint density at radius 2 is 2.07 bits per heavy atom. The van der Waals surface area contributed by atoms with Gasteiger partial charge in [0.1, 0.15) is 0 Å². The molecule has 1 aromatic carbocycles. The molecule has 1 aliphatic rings. The molecule has 0 bridgehead atoms. The average molecular weight is 202 g/mol. The van der Waals surface area contributed by atoms with E-state index in [4.69, 9.17) is 5.41 Å². The molecule has 1 aliphatic heterocycles. The van der Waals surface area contributed by atoms with Crippen molar-refractivity contribution in [2.24, 2.45) is 0 Å². The van der Waals surface area contributed by atoms with Crippen LogP contribution in [-0.4, -0.2) is 17.3 Å². The quantitative estimate of drug-likeness (QED) is 0.800. The number of likely N-dealkylation sites (tertiary alicyclic amines) is 1. The second kappa shape index (κ2) is 4.47. The van der Waals surface area contributed by atoms with Crippen molar-refractivity contribution in [3.8, 4) is 0 Å². The molecule has 1 saturated heterocycles. The molecule has 15 heavy (non-hydrogen) atoms. The topological polar surface area (TPSA) is 27.1 Å². The first-order valence-corrected chi connectivity index (χ1v) is 5.72. The SMILES string of the molecule is CCC(c1ccccc1)N1CCCC1=N. The number of nitrogens with one attached hydrogen (secondary N) is 1. The minimum absolute atomic E-state index is 0.404. The van der Waals surface area contributed by atoms with Crippen molar-refractivity contribution >= 4 is 5.84 Å². The molecule has 1 aromatic rings. The van der Waals surface area contributed by atoms with Crippen LogP contribution in [0.25, 0.3) is 0 Å². The zero-order chi connectivity index (χ0) is 10.7. The van der Waals surface area contributed by atoms with Gasteiger partial charge < -0.3 is 4.90 Å². The van der Waals surface area contributed by atoms with Gasteiger partial charge in [0, 0.05) is 13.0 Å². The van der Waals surface area contributed by atoms with Crippen LogP contribution in [0.2, 0.25) is 0 Å². The summed E-state index contributed by atoms with van der Waals surface area (Å²) >= 11 is 0. The summed E-state index contributed by atoms with van der Waals surface area (Å²) in [5, 5.41) is 7.91. The highest BCUT2D eigenvalue weighted by Crippen LogP contribution is 2.28. The zero-order valence-corrected chi connectivity index (χ0v) is 9.24. The lowest BCUT2D eigenvalue weighted by atomic mass is 10.0. The standard InChI is InChI=1S/C13H18N2/c1-2-12(11-7-4-3-5-8-11)15-10-6-9-13(15)14/h3-5,7-8,12,14H,2,6,9-10H2,1H3. The summed E-state index contributed by atoms with van der Waals surface area (Å²) < 4.78 is 0. The molecule has 2 nitrogen and oxygen atoms in total. The molecule has 1 heterocycles. The van der Waals surface area contributed by atoms with E-state index >= 15 is 0 Å². The molecule has 1 fully saturated rings. The van der Waals surface area contributed by atoms with Crippen molar-refractivity contribution in [3.63, 3.8) is 0 Å². The van der Waals surface area contributed by atoms with Gasteiger partial charge in [-0.25, -0.2) is 0 Å². The van der Waals surface area contributed by atoms with Crippen molar-refractivity contribution in [2.75, 3.05) is 6.54 Å². The lowest BCUT2D eigenvalue weighted by Gasteiger charge is -2.28. The Labute approximate surface area is 91.4 Å². The third-order valence-electron chi connectivity index (χ3n) is 3.11. The molecule has 0 aliphatic carbocycles. The predicted molar refractivity (Wildman–Crippen MR) is 63.1 cm³/mol. The van der Waals surface area contributed by atoms with E-state index in [0.717, 1.165) is 31.6 Å². The first kappa shape index (κ1) is 10.2. The highest BCUT2D eigenvalue weighted by Gasteiger charge is 2.24. The van der Waals surface area contributed by atoms with Crippen molar-refractivity contribution in [1.82, 2.24) is 4.90 Å². The van der Waals surface area contributed by atoms with Gasteiger partial charge in [0.2, 0.25) is 0 Å². The molecule has 80 valence electrons. The van der Waals surface area contributed by atoms with Crippen LogP contribution in [0.3, 0.4) is 0 Å². The highest BCUT2D eigenvalue weighted by atomic mass is 15.2. The van der Waals surface area contributed by atoms with Gasteiger partial charge >= 0.3 is 0 Å². The van der Waals surface area contributed by atoms with Gasteiger partial charge in [0.15, 0.2) is 0 Å². The Morgan fingerprint density at radius 3 is 2.60 bits per heavy atom. The predicted octanol–water partition coefficient (Wildman–Crippen LogP) is 3.21. The smallest absolute Gasteiger partial charge is 0.0963 e. The number of benzene rings is 1. The van der Waals surface area contributed by atoms with Crippen LogP contribution in [0.1, 0.15) is 37.8 Å². The summed E-state index contributed by atoms with van der Waals surface area (Å²) in [4.78, 5) is 2.25. The number of rotatable bonds is 3. The van der Waals surface area contributed by atoms with Crippen LogP contribution >= 0.6 is 0 Å². The fourth-order valence-electron chi connectivity index (χ4n) is 2.35. The van der Waals surface area contributed by atoms with Crippen molar-refractivity contribution < 1.29 is 0 Å². The molecule has 0 amide bonds. The Hall–Kier alpha value is -1.31. The maximum Gasteiger partial charge on any atom is 0.0963 e. The van der Waals surface area contributed by atoms with Gasteiger partial charge in [-0.05, 0) is 18.4 Å². The van der Waals surface area contributed by atoms with Crippen LogP contribution in [-0.2, 0) is 0 Å². The molecule has 0 saturated carbocycles. The molecule has 0 radical (unpaired) electrons. The summed E-state index contributed by atoms with van der Waals surface area (Å²) in [5.41, 5.74) is 1.34. The number of hydrogen-bond acceptors (Lipinski definition) is 1. The van der Waals surface area contributed by atoms with Crippen LogP contribution < -0.4 is 0 Å². The van der Waals surface area contributed by atoms with E-state index in [1.807, 2.05) is 6.07 Å². The summed E-state index contributed by atoms with van der Waals surface area (Å²) in [6.07, 6.45) is 3.16. The lowest BCUT2D eigenvalue weighted by molar-refractivity contribution is 0.330. The van der Waals surface area contributed by atoms with Crippen LogP contribution in [0.4, 0.5) is 0 Å². The Balaban J connectivity index is 2.20. The molecular weight excluding hydrogens is 184 g/mol. The van der Waals surface area contributed by atoms with Crippen LogP contribution in [0, 0.1) is 5.41 Å². The van der Waals surface area contributed by atoms with Gasteiger partial charge in [0.05, 0.1) is 11.9 Å². The first-order chi connectivity index (χ1) is 7.33. The lowest BCUT2D eigenvalue weighted by Crippen LogP contribution is -2.28. The zero-order valence-electron chi connectivity index (χ0n) is 9.24. The van der Waals surface area contributed by atoms with E-state index in [9.17, 15) is 0 Å². The highest BCUT2D eigenvalue weighted by molar-refractivity contribution is 5.81. The maximum atomic E-state index is 7.91. The van der Waals surface area contributed by atoms with Crippen LogP contribution in [0.5, 0.6) is 0 Å². The third kappa shape index (κ3) is 2.04. The summed E-state index contributed by atoms with van der Waals surface area (Å²) in [6, 6.07) is 10.9. The molecule has 2 heteroatoms. The summed E-state index contributed by atoms with van der Waals surface area (Å²) in [5.74, 6) is 0.811. The van der Waals surface area contributed by atoms with Gasteiger partial charge in [-0.3, -0.25) is 5.41 Å². The summed E-state index contributed by atoms with van der Waals surface area (Å²) in [6.45, 7) is 3.25. The van der Waals surface area contributed by atoms with Gasteiger partial charge in [-0.15, -0.1) is 0 Å². The van der Waals surface area contributed by atoms with Gasteiger partial charge in [-0.2, -0.15) is 0 Å². The van der Waals surface area contributed by atoms with Crippen LogP contribution in [0.15, 0.2) is 30.3 Å². The van der Waals surface area contributed by atoms with Gasteiger partial charge in [0.25, 0.3) is 0 Å². The van der Waals surface area contributed by atoms with Crippen molar-refractivity contribution in [1.29, 1.82) is 5.41 Å². The average Bonchev–Trinajstić information content (AvgIpc) is 2.68. The second-order valence-electron chi connectivity index (χ2n) is 4.08. The normalized spacial score (nSPS) is 18.2. The van der Waals surface area contributed by atoms with Crippen molar-refractivity contribution in [3.05, 3.63) is 35.9 Å². The van der Waals surface area contributed by atoms with E-state index in [1.165, 1.54) is 5.56 Å². The molecule has 1 unspecified atom stereocenters. The Morgan fingerprint density at radius 1 is 1.33 bits per heavy atom. The van der Waals surface area contributed by atoms with E-state index in [0.29, 0.717) is 6.04 Å². The second-order valence-corrected chi connectivity index (χ2v) is 4.08. The molecule has 0 spiro atoms. The minimum atomic E-state index is 0.404. The monoisotopic (exact) mass is 202 g/mol.